The number of carbonyl (C=O) groups is 2. The summed E-state index contributed by atoms with van der Waals surface area (Å²) in [7, 11) is 0. The molecule has 5 heteroatoms. The molecule has 4 nitrogen and oxygen atoms in total. The summed E-state index contributed by atoms with van der Waals surface area (Å²) in [6.07, 6.45) is 7.22. The fraction of sp³-hybridized carbons (Fsp3) is 0.481. The molecule has 0 bridgehead atoms. The zero-order valence-electron chi connectivity index (χ0n) is 19.7. The highest BCUT2D eigenvalue weighted by Gasteiger charge is 2.39. The van der Waals surface area contributed by atoms with Gasteiger partial charge in [-0.25, -0.2) is 0 Å². The zero-order chi connectivity index (χ0) is 23.3. The van der Waals surface area contributed by atoms with Crippen molar-refractivity contribution in [1.82, 2.24) is 0 Å². The van der Waals surface area contributed by atoms with Crippen LogP contribution in [0.2, 0.25) is 0 Å². The lowest BCUT2D eigenvalue weighted by Crippen LogP contribution is -2.38. The third kappa shape index (κ3) is 5.74. The van der Waals surface area contributed by atoms with Gasteiger partial charge in [-0.1, -0.05) is 45.2 Å². The maximum atomic E-state index is 13.5. The first kappa shape index (κ1) is 24.4. The van der Waals surface area contributed by atoms with E-state index in [1.165, 1.54) is 6.42 Å². The van der Waals surface area contributed by atoms with E-state index in [2.05, 4.69) is 19.2 Å². The highest BCUT2D eigenvalue weighted by Crippen LogP contribution is 2.43. The van der Waals surface area contributed by atoms with E-state index >= 15 is 0 Å². The summed E-state index contributed by atoms with van der Waals surface area (Å²) in [5, 5.41) is 13.1. The van der Waals surface area contributed by atoms with Crippen molar-refractivity contribution in [2.24, 2.45) is 11.3 Å². The number of hydrogen-bond acceptors (Lipinski definition) is 4. The van der Waals surface area contributed by atoms with E-state index in [0.717, 1.165) is 55.2 Å². The fourth-order valence-electron chi connectivity index (χ4n) is 4.53. The largest absolute Gasteiger partial charge is 0.507 e. The predicted octanol–water partition coefficient (Wildman–Crippen LogP) is 7.27. The molecule has 0 unspecified atom stereocenters. The van der Waals surface area contributed by atoms with Gasteiger partial charge in [0.2, 0.25) is 11.0 Å². The number of thioether (sulfide) groups is 1. The summed E-state index contributed by atoms with van der Waals surface area (Å²) in [4.78, 5) is 27.2. The van der Waals surface area contributed by atoms with Crippen LogP contribution in [0.1, 0.15) is 80.3 Å². The number of anilines is 1. The Labute approximate surface area is 196 Å². The molecule has 2 aromatic carbocycles. The van der Waals surface area contributed by atoms with Crippen LogP contribution in [0.15, 0.2) is 41.3 Å². The molecule has 2 N–H and O–H groups in total. The average Bonchev–Trinajstić information content (AvgIpc) is 2.77. The first-order chi connectivity index (χ1) is 15.2. The molecule has 3 rings (SSSR count). The second-order valence-corrected chi connectivity index (χ2v) is 10.6. The lowest BCUT2D eigenvalue weighted by atomic mass is 9.69. The summed E-state index contributed by atoms with van der Waals surface area (Å²) in [5.41, 5.74) is 2.29. The van der Waals surface area contributed by atoms with Crippen LogP contribution >= 0.6 is 11.8 Å². The number of para-hydroxylation sites is 1. The van der Waals surface area contributed by atoms with Crippen LogP contribution in [0, 0.1) is 25.2 Å². The highest BCUT2D eigenvalue weighted by molar-refractivity contribution is 8.14. The maximum Gasteiger partial charge on any atom is 0.230 e. The smallest absolute Gasteiger partial charge is 0.230 e. The Morgan fingerprint density at radius 1 is 1.06 bits per heavy atom. The Hall–Kier alpha value is -2.27. The van der Waals surface area contributed by atoms with E-state index in [4.69, 9.17) is 0 Å². The third-order valence-electron chi connectivity index (χ3n) is 6.56. The fourth-order valence-corrected chi connectivity index (χ4v) is 5.34. The quantitative estimate of drug-likeness (QED) is 0.433. The van der Waals surface area contributed by atoms with Gasteiger partial charge >= 0.3 is 0 Å². The van der Waals surface area contributed by atoms with Gasteiger partial charge in [0.05, 0.1) is 5.69 Å². The average molecular weight is 454 g/mol. The molecule has 0 radical (unpaired) electrons. The van der Waals surface area contributed by atoms with E-state index in [0.29, 0.717) is 28.3 Å². The molecule has 0 aliphatic heterocycles. The Bertz CT molecular complexity index is 954. The van der Waals surface area contributed by atoms with Gasteiger partial charge in [-0.15, -0.1) is 0 Å². The molecular formula is C27H35NO3S. The van der Waals surface area contributed by atoms with Crippen LogP contribution in [0.4, 0.5) is 5.69 Å². The Morgan fingerprint density at radius 3 is 2.31 bits per heavy atom. The SMILES string of the molecule is Cc1cc(C(=O)Sc2ccccc2NC(=O)C2(CCC(C)C)CCCCC2)cc(C)c1O. The minimum Gasteiger partial charge on any atom is -0.507 e. The van der Waals surface area contributed by atoms with Crippen molar-refractivity contribution in [3.63, 3.8) is 0 Å². The van der Waals surface area contributed by atoms with E-state index in [1.54, 1.807) is 26.0 Å². The number of phenols is 1. The van der Waals surface area contributed by atoms with Crippen molar-refractivity contribution < 1.29 is 14.7 Å². The van der Waals surface area contributed by atoms with E-state index in [1.807, 2.05) is 24.3 Å². The summed E-state index contributed by atoms with van der Waals surface area (Å²) < 4.78 is 0. The Morgan fingerprint density at radius 2 is 1.69 bits per heavy atom. The van der Waals surface area contributed by atoms with Gasteiger partial charge in [0.15, 0.2) is 0 Å². The number of amides is 1. The van der Waals surface area contributed by atoms with Crippen molar-refractivity contribution in [2.75, 3.05) is 5.32 Å². The minimum atomic E-state index is -0.310. The molecule has 1 aliphatic rings. The van der Waals surface area contributed by atoms with Crippen LogP contribution in [0.3, 0.4) is 0 Å². The van der Waals surface area contributed by atoms with E-state index in [9.17, 15) is 14.7 Å². The van der Waals surface area contributed by atoms with Gasteiger partial charge in [-0.05, 0) is 92.6 Å². The molecule has 1 saturated carbocycles. The normalized spacial score (nSPS) is 15.5. The molecule has 0 atom stereocenters. The molecule has 1 aliphatic carbocycles. The van der Waals surface area contributed by atoms with Gasteiger partial charge in [-0.2, -0.15) is 0 Å². The lowest BCUT2D eigenvalue weighted by molar-refractivity contribution is -0.128. The number of carbonyl (C=O) groups excluding carboxylic acids is 2. The monoisotopic (exact) mass is 453 g/mol. The van der Waals surface area contributed by atoms with E-state index in [-0.39, 0.29) is 22.2 Å². The van der Waals surface area contributed by atoms with E-state index < -0.39 is 0 Å². The van der Waals surface area contributed by atoms with Gasteiger partial charge in [0.1, 0.15) is 5.75 Å². The highest BCUT2D eigenvalue weighted by atomic mass is 32.2. The Balaban J connectivity index is 1.80. The topological polar surface area (TPSA) is 66.4 Å². The minimum absolute atomic E-state index is 0.0923. The van der Waals surface area contributed by atoms with Crippen molar-refractivity contribution in [3.8, 4) is 5.75 Å². The maximum absolute atomic E-state index is 13.5. The number of phenolic OH excluding ortho intramolecular Hbond substituents is 1. The summed E-state index contributed by atoms with van der Waals surface area (Å²) in [6.45, 7) is 7.99. The first-order valence-corrected chi connectivity index (χ1v) is 12.5. The number of rotatable bonds is 7. The number of aromatic hydroxyl groups is 1. The molecule has 2 aromatic rings. The number of hydrogen-bond donors (Lipinski definition) is 2. The summed E-state index contributed by atoms with van der Waals surface area (Å²) in [6, 6.07) is 10.9. The number of aryl methyl sites for hydroxylation is 2. The molecule has 0 heterocycles. The van der Waals surface area contributed by atoms with Gasteiger partial charge < -0.3 is 10.4 Å². The van der Waals surface area contributed by atoms with Gasteiger partial charge in [-0.3, -0.25) is 9.59 Å². The molecule has 1 fully saturated rings. The summed E-state index contributed by atoms with van der Waals surface area (Å²) in [5.74, 6) is 0.882. The molecule has 0 saturated heterocycles. The zero-order valence-corrected chi connectivity index (χ0v) is 20.5. The first-order valence-electron chi connectivity index (χ1n) is 11.6. The van der Waals surface area contributed by atoms with Crippen LogP contribution in [-0.2, 0) is 4.79 Å². The summed E-state index contributed by atoms with van der Waals surface area (Å²) >= 11 is 1.12. The Kier molecular flexibility index (Phi) is 8.05. The molecular weight excluding hydrogens is 418 g/mol. The third-order valence-corrected chi connectivity index (χ3v) is 7.55. The van der Waals surface area contributed by atoms with Crippen molar-refractivity contribution >= 4 is 28.5 Å². The molecule has 172 valence electrons. The standard InChI is InChI=1S/C27H35NO3S/c1-18(2)12-15-27(13-8-5-9-14-27)26(31)28-22-10-6-7-11-23(22)32-25(30)21-16-19(3)24(29)20(4)17-21/h6-7,10-11,16-18,29H,5,8-9,12-15H2,1-4H3,(H,28,31). The molecule has 0 aromatic heterocycles. The molecule has 0 spiro atoms. The van der Waals surface area contributed by atoms with Gasteiger partial charge in [0.25, 0.3) is 0 Å². The number of nitrogens with one attached hydrogen (secondary N) is 1. The van der Waals surface area contributed by atoms with Crippen molar-refractivity contribution in [3.05, 3.63) is 53.1 Å². The van der Waals surface area contributed by atoms with Crippen LogP contribution in [0.5, 0.6) is 5.75 Å². The van der Waals surface area contributed by atoms with Crippen LogP contribution in [0.25, 0.3) is 0 Å². The van der Waals surface area contributed by atoms with Crippen molar-refractivity contribution in [1.29, 1.82) is 0 Å². The second kappa shape index (κ2) is 10.6. The van der Waals surface area contributed by atoms with Gasteiger partial charge in [0, 0.05) is 15.9 Å². The predicted molar refractivity (Wildman–Crippen MR) is 132 cm³/mol. The lowest BCUT2D eigenvalue weighted by Gasteiger charge is -2.36. The number of benzene rings is 2. The molecule has 32 heavy (non-hydrogen) atoms. The van der Waals surface area contributed by atoms with Crippen molar-refractivity contribution in [2.45, 2.75) is 77.5 Å². The van der Waals surface area contributed by atoms with Crippen LogP contribution < -0.4 is 5.32 Å². The second-order valence-electron chi connectivity index (χ2n) is 9.57. The van der Waals surface area contributed by atoms with Crippen LogP contribution in [-0.4, -0.2) is 16.1 Å². The molecule has 1 amide bonds.